The molecule has 9 heteroatoms. The Kier molecular flexibility index (Phi) is 8.25. The zero-order valence-electron chi connectivity index (χ0n) is 17.0. The van der Waals surface area contributed by atoms with Crippen molar-refractivity contribution >= 4 is 39.2 Å². The van der Waals surface area contributed by atoms with Gasteiger partial charge >= 0.3 is 5.97 Å². The second kappa shape index (κ2) is 10.4. The van der Waals surface area contributed by atoms with E-state index < -0.39 is 27.9 Å². The summed E-state index contributed by atoms with van der Waals surface area (Å²) in [6, 6.07) is 12.3. The molecule has 2 N–H and O–H groups in total. The van der Waals surface area contributed by atoms with Gasteiger partial charge in [0.1, 0.15) is 0 Å². The minimum absolute atomic E-state index is 0.0873. The maximum atomic E-state index is 12.8. The molecule has 2 aromatic carbocycles. The molecule has 1 amide bonds. The Bertz CT molecular complexity index is 1010. The highest BCUT2D eigenvalue weighted by molar-refractivity contribution is 7.92. The Labute approximate surface area is 181 Å². The van der Waals surface area contributed by atoms with Crippen LogP contribution in [0.2, 0.25) is 5.02 Å². The molecule has 1 unspecified atom stereocenters. The summed E-state index contributed by atoms with van der Waals surface area (Å²) in [6.07, 6.45) is -0.390. The SMILES string of the molecule is CCS(=O)(=O)Nc1cccc(C(=O)NC(CC(=O)OC(C)C)c2ccccc2Cl)c1. The number of hydrogen-bond donors (Lipinski definition) is 2. The Morgan fingerprint density at radius 2 is 1.80 bits per heavy atom. The minimum atomic E-state index is -3.47. The van der Waals surface area contributed by atoms with Crippen LogP contribution in [0.4, 0.5) is 5.69 Å². The lowest BCUT2D eigenvalue weighted by Crippen LogP contribution is -2.31. The van der Waals surface area contributed by atoms with Gasteiger partial charge in [0, 0.05) is 16.3 Å². The molecule has 2 rings (SSSR count). The average molecular weight is 453 g/mol. The first-order valence-electron chi connectivity index (χ1n) is 9.46. The molecule has 0 radical (unpaired) electrons. The van der Waals surface area contributed by atoms with E-state index in [1.54, 1.807) is 56.3 Å². The van der Waals surface area contributed by atoms with Crippen LogP contribution in [0, 0.1) is 0 Å². The van der Waals surface area contributed by atoms with E-state index in [-0.39, 0.29) is 29.5 Å². The highest BCUT2D eigenvalue weighted by atomic mass is 35.5. The Morgan fingerprint density at radius 3 is 2.43 bits per heavy atom. The van der Waals surface area contributed by atoms with E-state index in [0.29, 0.717) is 10.6 Å². The molecule has 162 valence electrons. The summed E-state index contributed by atoms with van der Waals surface area (Å²) in [5.74, 6) is -1.04. The molecular weight excluding hydrogens is 428 g/mol. The van der Waals surface area contributed by atoms with Crippen molar-refractivity contribution in [3.63, 3.8) is 0 Å². The molecule has 0 saturated carbocycles. The van der Waals surface area contributed by atoms with Crippen LogP contribution in [0.1, 0.15) is 49.2 Å². The van der Waals surface area contributed by atoms with E-state index in [4.69, 9.17) is 16.3 Å². The molecule has 0 saturated heterocycles. The predicted molar refractivity (Wildman–Crippen MR) is 117 cm³/mol. The average Bonchev–Trinajstić information content (AvgIpc) is 2.67. The van der Waals surface area contributed by atoms with Gasteiger partial charge in [-0.05, 0) is 50.6 Å². The molecule has 30 heavy (non-hydrogen) atoms. The molecule has 0 aromatic heterocycles. The van der Waals surface area contributed by atoms with Gasteiger partial charge < -0.3 is 10.1 Å². The molecule has 0 aliphatic rings. The van der Waals surface area contributed by atoms with Gasteiger partial charge in [-0.15, -0.1) is 0 Å². The van der Waals surface area contributed by atoms with Crippen molar-refractivity contribution < 1.29 is 22.7 Å². The van der Waals surface area contributed by atoms with Gasteiger partial charge in [-0.1, -0.05) is 35.9 Å². The van der Waals surface area contributed by atoms with Crippen molar-refractivity contribution in [3.05, 3.63) is 64.7 Å². The third kappa shape index (κ3) is 7.03. The first-order chi connectivity index (χ1) is 14.1. The maximum absolute atomic E-state index is 12.8. The van der Waals surface area contributed by atoms with Gasteiger partial charge in [0.15, 0.2) is 0 Å². The van der Waals surface area contributed by atoms with Crippen LogP contribution in [0.5, 0.6) is 0 Å². The second-order valence-corrected chi connectivity index (χ2v) is 9.29. The standard InChI is InChI=1S/C21H25ClN2O5S/c1-4-30(27,28)24-16-9-7-8-15(12-16)21(26)23-19(13-20(25)29-14(2)3)17-10-5-6-11-18(17)22/h5-12,14,19,24H,4,13H2,1-3H3,(H,23,26). The Hall–Kier alpha value is -2.58. The van der Waals surface area contributed by atoms with E-state index in [0.717, 1.165) is 0 Å². The number of carbonyl (C=O) groups excluding carboxylic acids is 2. The molecule has 0 heterocycles. The molecule has 7 nitrogen and oxygen atoms in total. The maximum Gasteiger partial charge on any atom is 0.308 e. The predicted octanol–water partition coefficient (Wildman–Crippen LogP) is 3.91. The van der Waals surface area contributed by atoms with Crippen LogP contribution in [0.3, 0.4) is 0 Å². The summed E-state index contributed by atoms with van der Waals surface area (Å²) in [5.41, 5.74) is 1.09. The molecule has 1 atom stereocenters. The van der Waals surface area contributed by atoms with Gasteiger partial charge in [-0.2, -0.15) is 0 Å². The lowest BCUT2D eigenvalue weighted by molar-refractivity contribution is -0.147. The van der Waals surface area contributed by atoms with Crippen LogP contribution in [0.15, 0.2) is 48.5 Å². The van der Waals surface area contributed by atoms with Gasteiger partial charge in [0.2, 0.25) is 10.0 Å². The molecular formula is C21H25ClN2O5S. The molecule has 0 aliphatic heterocycles. The third-order valence-electron chi connectivity index (χ3n) is 4.10. The highest BCUT2D eigenvalue weighted by Gasteiger charge is 2.23. The monoisotopic (exact) mass is 452 g/mol. The van der Waals surface area contributed by atoms with Crippen molar-refractivity contribution in [1.82, 2.24) is 5.32 Å². The second-order valence-electron chi connectivity index (χ2n) is 6.88. The third-order valence-corrected chi connectivity index (χ3v) is 5.75. The highest BCUT2D eigenvalue weighted by Crippen LogP contribution is 2.26. The number of benzene rings is 2. The van der Waals surface area contributed by atoms with Crippen LogP contribution < -0.4 is 10.0 Å². The smallest absolute Gasteiger partial charge is 0.308 e. The van der Waals surface area contributed by atoms with Gasteiger partial charge in [0.25, 0.3) is 5.91 Å². The van der Waals surface area contributed by atoms with Gasteiger partial charge in [-0.25, -0.2) is 8.42 Å². The fraction of sp³-hybridized carbons (Fsp3) is 0.333. The number of anilines is 1. The van der Waals surface area contributed by atoms with E-state index in [1.807, 2.05) is 0 Å². The zero-order valence-corrected chi connectivity index (χ0v) is 18.6. The normalized spacial score (nSPS) is 12.3. The van der Waals surface area contributed by atoms with Crippen molar-refractivity contribution in [2.75, 3.05) is 10.5 Å². The number of esters is 1. The van der Waals surface area contributed by atoms with E-state index in [9.17, 15) is 18.0 Å². The summed E-state index contributed by atoms with van der Waals surface area (Å²) in [7, 11) is -3.47. The van der Waals surface area contributed by atoms with E-state index >= 15 is 0 Å². The summed E-state index contributed by atoms with van der Waals surface area (Å²) in [5, 5.41) is 3.20. The molecule has 0 spiro atoms. The zero-order chi connectivity index (χ0) is 22.3. The van der Waals surface area contributed by atoms with Crippen LogP contribution in [-0.4, -0.2) is 32.2 Å². The number of sulfonamides is 1. The van der Waals surface area contributed by atoms with Crippen molar-refractivity contribution in [2.45, 2.75) is 39.3 Å². The van der Waals surface area contributed by atoms with Crippen molar-refractivity contribution in [3.8, 4) is 0 Å². The molecule has 2 aromatic rings. The topological polar surface area (TPSA) is 102 Å². The number of hydrogen-bond acceptors (Lipinski definition) is 5. The van der Waals surface area contributed by atoms with Gasteiger partial charge in [-0.3, -0.25) is 14.3 Å². The molecule has 0 bridgehead atoms. The number of ether oxygens (including phenoxy) is 1. The minimum Gasteiger partial charge on any atom is -0.463 e. The lowest BCUT2D eigenvalue weighted by atomic mass is 10.0. The van der Waals surface area contributed by atoms with Crippen molar-refractivity contribution in [2.24, 2.45) is 0 Å². The quantitative estimate of drug-likeness (QED) is 0.561. The number of amides is 1. The van der Waals surface area contributed by atoms with E-state index in [2.05, 4.69) is 10.0 Å². The summed E-state index contributed by atoms with van der Waals surface area (Å²) < 4.78 is 31.2. The van der Waals surface area contributed by atoms with Gasteiger partial charge in [0.05, 0.1) is 24.3 Å². The summed E-state index contributed by atoms with van der Waals surface area (Å²) in [4.78, 5) is 25.1. The van der Waals surface area contributed by atoms with Crippen LogP contribution in [0.25, 0.3) is 0 Å². The number of nitrogens with one attached hydrogen (secondary N) is 2. The first-order valence-corrected chi connectivity index (χ1v) is 11.5. The Morgan fingerprint density at radius 1 is 1.10 bits per heavy atom. The summed E-state index contributed by atoms with van der Waals surface area (Å²) in [6.45, 7) is 5.00. The lowest BCUT2D eigenvalue weighted by Gasteiger charge is -2.20. The van der Waals surface area contributed by atoms with Crippen molar-refractivity contribution in [1.29, 1.82) is 0 Å². The largest absolute Gasteiger partial charge is 0.463 e. The van der Waals surface area contributed by atoms with Crippen LogP contribution in [-0.2, 0) is 19.6 Å². The van der Waals surface area contributed by atoms with Crippen LogP contribution >= 0.6 is 11.6 Å². The fourth-order valence-electron chi connectivity index (χ4n) is 2.69. The fourth-order valence-corrected chi connectivity index (χ4v) is 3.59. The number of carbonyl (C=O) groups is 2. The number of halogens is 1. The van der Waals surface area contributed by atoms with E-state index in [1.165, 1.54) is 13.0 Å². The molecule has 0 fully saturated rings. The molecule has 0 aliphatic carbocycles. The first kappa shape index (κ1) is 23.7. The summed E-state index contributed by atoms with van der Waals surface area (Å²) >= 11 is 6.27. The number of rotatable bonds is 9. The Balaban J connectivity index is 2.26.